The lowest BCUT2D eigenvalue weighted by atomic mass is 10.0. The molecule has 1 N–H and O–H groups in total. The van der Waals surface area contributed by atoms with Crippen molar-refractivity contribution in [3.63, 3.8) is 0 Å². The first-order valence-corrected chi connectivity index (χ1v) is 11.1. The highest BCUT2D eigenvalue weighted by Gasteiger charge is 2.35. The maximum atomic E-state index is 12.8. The van der Waals surface area contributed by atoms with Crippen LogP contribution in [0.1, 0.15) is 43.7 Å². The van der Waals surface area contributed by atoms with Gasteiger partial charge in [-0.3, -0.25) is 14.5 Å². The van der Waals surface area contributed by atoms with Crippen molar-refractivity contribution in [1.82, 2.24) is 9.88 Å². The Hall–Kier alpha value is -3.33. The lowest BCUT2D eigenvalue weighted by Gasteiger charge is -2.21. The number of esters is 1. The SMILES string of the molecule is CCOC(=O)c1[nH]c2cc(Br)c3c(c2c1CCN1C(=O)c2ccccc2C1=O)OCCO3. The summed E-state index contributed by atoms with van der Waals surface area (Å²) in [6, 6.07) is 8.56. The van der Waals surface area contributed by atoms with Gasteiger partial charge in [0.2, 0.25) is 0 Å². The van der Waals surface area contributed by atoms with Crippen LogP contribution in [0.2, 0.25) is 0 Å². The van der Waals surface area contributed by atoms with E-state index in [1.807, 2.05) is 6.07 Å². The average Bonchev–Trinajstić information content (AvgIpc) is 3.28. The first-order valence-electron chi connectivity index (χ1n) is 10.3. The van der Waals surface area contributed by atoms with Gasteiger partial charge in [-0.15, -0.1) is 0 Å². The maximum absolute atomic E-state index is 12.8. The molecular weight excluding hydrogens is 480 g/mol. The number of nitrogens with one attached hydrogen (secondary N) is 1. The van der Waals surface area contributed by atoms with Crippen LogP contribution in [-0.2, 0) is 11.2 Å². The van der Waals surface area contributed by atoms with Crippen LogP contribution >= 0.6 is 15.9 Å². The lowest BCUT2D eigenvalue weighted by Crippen LogP contribution is -2.32. The Balaban J connectivity index is 1.57. The van der Waals surface area contributed by atoms with Gasteiger partial charge in [-0.25, -0.2) is 4.79 Å². The molecule has 0 spiro atoms. The topological polar surface area (TPSA) is 97.9 Å². The zero-order chi connectivity index (χ0) is 22.4. The summed E-state index contributed by atoms with van der Waals surface area (Å²) in [6.45, 7) is 2.84. The summed E-state index contributed by atoms with van der Waals surface area (Å²) in [5.41, 5.74) is 2.33. The molecule has 0 saturated carbocycles. The third kappa shape index (κ3) is 3.15. The fourth-order valence-corrected chi connectivity index (χ4v) is 4.72. The van der Waals surface area contributed by atoms with Crippen molar-refractivity contribution in [2.75, 3.05) is 26.4 Å². The molecule has 3 heterocycles. The van der Waals surface area contributed by atoms with Gasteiger partial charge < -0.3 is 19.2 Å². The van der Waals surface area contributed by atoms with E-state index in [0.29, 0.717) is 56.8 Å². The molecule has 9 heteroatoms. The zero-order valence-corrected chi connectivity index (χ0v) is 18.8. The number of amides is 2. The lowest BCUT2D eigenvalue weighted by molar-refractivity contribution is 0.0519. The maximum Gasteiger partial charge on any atom is 0.355 e. The summed E-state index contributed by atoms with van der Waals surface area (Å²) in [4.78, 5) is 42.6. The van der Waals surface area contributed by atoms with Gasteiger partial charge in [0.1, 0.15) is 18.9 Å². The van der Waals surface area contributed by atoms with Gasteiger partial charge in [0.25, 0.3) is 11.8 Å². The molecule has 164 valence electrons. The summed E-state index contributed by atoms with van der Waals surface area (Å²) >= 11 is 3.49. The number of carbonyl (C=O) groups excluding carboxylic acids is 3. The Morgan fingerprint density at radius 3 is 2.44 bits per heavy atom. The number of carbonyl (C=O) groups is 3. The molecule has 2 amide bonds. The van der Waals surface area contributed by atoms with Crippen molar-refractivity contribution in [3.8, 4) is 11.5 Å². The van der Waals surface area contributed by atoms with E-state index in [1.54, 1.807) is 31.2 Å². The minimum atomic E-state index is -0.511. The molecule has 0 saturated heterocycles. The second kappa shape index (κ2) is 7.98. The Morgan fingerprint density at radius 2 is 1.78 bits per heavy atom. The van der Waals surface area contributed by atoms with E-state index in [-0.39, 0.29) is 37.1 Å². The molecule has 0 unspecified atom stereocenters. The standard InChI is InChI=1S/C23H19BrN2O6/c1-2-30-23(29)18-14(7-8-26-21(27)12-5-3-4-6-13(12)22(26)28)17-16(25-18)11-15(24)19-20(17)32-10-9-31-19/h3-6,11,25H,2,7-10H2,1H3. The summed E-state index contributed by atoms with van der Waals surface area (Å²) < 4.78 is 17.6. The number of hydrogen-bond acceptors (Lipinski definition) is 6. The number of imide groups is 1. The van der Waals surface area contributed by atoms with E-state index in [0.717, 1.165) is 0 Å². The van der Waals surface area contributed by atoms with Gasteiger partial charge in [-0.05, 0) is 53.0 Å². The van der Waals surface area contributed by atoms with Crippen molar-refractivity contribution in [2.24, 2.45) is 0 Å². The largest absolute Gasteiger partial charge is 0.485 e. The third-order valence-electron chi connectivity index (χ3n) is 5.57. The van der Waals surface area contributed by atoms with Crippen LogP contribution in [0.4, 0.5) is 0 Å². The number of rotatable bonds is 5. The van der Waals surface area contributed by atoms with Crippen LogP contribution in [0, 0.1) is 0 Å². The minimum Gasteiger partial charge on any atom is -0.485 e. The summed E-state index contributed by atoms with van der Waals surface area (Å²) in [5, 5.41) is 0.683. The molecular formula is C23H19BrN2O6. The van der Waals surface area contributed by atoms with Gasteiger partial charge >= 0.3 is 5.97 Å². The van der Waals surface area contributed by atoms with E-state index >= 15 is 0 Å². The van der Waals surface area contributed by atoms with Crippen molar-refractivity contribution < 1.29 is 28.6 Å². The fourth-order valence-electron chi connectivity index (χ4n) is 4.20. The molecule has 0 atom stereocenters. The highest BCUT2D eigenvalue weighted by atomic mass is 79.9. The quantitative estimate of drug-likeness (QED) is 0.425. The Bertz CT molecular complexity index is 1250. The number of halogens is 1. The highest BCUT2D eigenvalue weighted by Crippen LogP contribution is 2.45. The van der Waals surface area contributed by atoms with Crippen LogP contribution in [0.25, 0.3) is 10.9 Å². The second-order valence-electron chi connectivity index (χ2n) is 7.39. The summed E-state index contributed by atoms with van der Waals surface area (Å²) in [5.74, 6) is -0.118. The molecule has 8 nitrogen and oxygen atoms in total. The van der Waals surface area contributed by atoms with Crippen LogP contribution in [0.3, 0.4) is 0 Å². The third-order valence-corrected chi connectivity index (χ3v) is 6.16. The van der Waals surface area contributed by atoms with E-state index in [1.165, 1.54) is 4.90 Å². The van der Waals surface area contributed by atoms with Crippen LogP contribution < -0.4 is 9.47 Å². The van der Waals surface area contributed by atoms with E-state index in [9.17, 15) is 14.4 Å². The molecule has 0 fully saturated rings. The number of aromatic nitrogens is 1. The Morgan fingerprint density at radius 1 is 1.12 bits per heavy atom. The van der Waals surface area contributed by atoms with Crippen LogP contribution in [0.15, 0.2) is 34.8 Å². The molecule has 32 heavy (non-hydrogen) atoms. The smallest absolute Gasteiger partial charge is 0.355 e. The zero-order valence-electron chi connectivity index (χ0n) is 17.2. The van der Waals surface area contributed by atoms with Gasteiger partial charge in [0.15, 0.2) is 11.5 Å². The molecule has 5 rings (SSSR count). The number of hydrogen-bond donors (Lipinski definition) is 1. The highest BCUT2D eigenvalue weighted by molar-refractivity contribution is 9.10. The average molecular weight is 499 g/mol. The summed E-state index contributed by atoms with van der Waals surface area (Å²) in [6.07, 6.45) is 0.247. The predicted molar refractivity (Wildman–Crippen MR) is 118 cm³/mol. The second-order valence-corrected chi connectivity index (χ2v) is 8.25. The van der Waals surface area contributed by atoms with E-state index in [2.05, 4.69) is 20.9 Å². The molecule has 2 aromatic carbocycles. The van der Waals surface area contributed by atoms with Crippen molar-refractivity contribution in [1.29, 1.82) is 0 Å². The number of ether oxygens (including phenoxy) is 3. The molecule has 2 aliphatic rings. The molecule has 0 bridgehead atoms. The normalized spacial score (nSPS) is 14.8. The van der Waals surface area contributed by atoms with E-state index in [4.69, 9.17) is 14.2 Å². The summed E-state index contributed by atoms with van der Waals surface area (Å²) in [7, 11) is 0. The molecule has 3 aromatic rings. The molecule has 0 radical (unpaired) electrons. The Labute approximate surface area is 191 Å². The van der Waals surface area contributed by atoms with Gasteiger partial charge in [0.05, 0.1) is 27.7 Å². The van der Waals surface area contributed by atoms with Crippen LogP contribution in [0.5, 0.6) is 11.5 Å². The number of aromatic amines is 1. The monoisotopic (exact) mass is 498 g/mol. The predicted octanol–water partition coefficient (Wildman–Crippen LogP) is 3.72. The Kier molecular flexibility index (Phi) is 5.13. The van der Waals surface area contributed by atoms with Crippen molar-refractivity contribution in [3.05, 3.63) is 57.2 Å². The number of H-pyrrole nitrogens is 1. The van der Waals surface area contributed by atoms with Gasteiger partial charge in [-0.2, -0.15) is 0 Å². The first kappa shape index (κ1) is 20.6. The first-order chi connectivity index (χ1) is 15.5. The van der Waals surface area contributed by atoms with Gasteiger partial charge in [0, 0.05) is 11.9 Å². The van der Waals surface area contributed by atoms with Crippen molar-refractivity contribution >= 4 is 44.6 Å². The van der Waals surface area contributed by atoms with Crippen LogP contribution in [-0.4, -0.2) is 54.0 Å². The molecule has 0 aliphatic carbocycles. The van der Waals surface area contributed by atoms with Crippen molar-refractivity contribution in [2.45, 2.75) is 13.3 Å². The molecule has 2 aliphatic heterocycles. The number of nitrogens with zero attached hydrogens (tertiary/aromatic N) is 1. The van der Waals surface area contributed by atoms with Gasteiger partial charge in [-0.1, -0.05) is 12.1 Å². The fraction of sp³-hybridized carbons (Fsp3) is 0.261. The number of benzene rings is 2. The molecule has 1 aromatic heterocycles. The number of fused-ring (bicyclic) bond motifs is 4. The van der Waals surface area contributed by atoms with E-state index < -0.39 is 5.97 Å². The minimum absolute atomic E-state index is 0.109.